The zero-order valence-electron chi connectivity index (χ0n) is 15.8. The number of rotatable bonds is 5. The molecule has 1 aliphatic rings. The van der Waals surface area contributed by atoms with Crippen molar-refractivity contribution >= 4 is 11.8 Å². The molecule has 2 amide bonds. The van der Waals surface area contributed by atoms with Crippen molar-refractivity contribution < 1.29 is 19.1 Å². The lowest BCUT2D eigenvalue weighted by atomic mass is 9.94. The third-order valence-corrected chi connectivity index (χ3v) is 4.86. The number of carbonyl (C=O) groups excluding carboxylic acids is 2. The van der Waals surface area contributed by atoms with Gasteiger partial charge in [-0.2, -0.15) is 0 Å². The fourth-order valence-corrected chi connectivity index (χ4v) is 3.50. The zero-order valence-corrected chi connectivity index (χ0v) is 15.8. The van der Waals surface area contributed by atoms with Crippen molar-refractivity contribution in [2.75, 3.05) is 27.3 Å². The van der Waals surface area contributed by atoms with Gasteiger partial charge in [0.15, 0.2) is 0 Å². The van der Waals surface area contributed by atoms with Gasteiger partial charge in [0, 0.05) is 31.5 Å². The largest absolute Gasteiger partial charge is 0.497 e. The SMILES string of the molecule is COc1ccc(C2CN(C(=O)c3cccc(OC)c3)CC2NC(C)=O)cc1. The van der Waals surface area contributed by atoms with Crippen molar-refractivity contribution in [1.82, 2.24) is 10.2 Å². The quantitative estimate of drug-likeness (QED) is 0.880. The molecular weight excluding hydrogens is 344 g/mol. The van der Waals surface area contributed by atoms with Crippen LogP contribution in [0.5, 0.6) is 11.5 Å². The summed E-state index contributed by atoms with van der Waals surface area (Å²) in [4.78, 5) is 26.4. The second kappa shape index (κ2) is 8.12. The molecule has 1 heterocycles. The van der Waals surface area contributed by atoms with Crippen LogP contribution in [0.25, 0.3) is 0 Å². The molecule has 0 aromatic heterocycles. The summed E-state index contributed by atoms with van der Waals surface area (Å²) in [6, 6.07) is 14.7. The summed E-state index contributed by atoms with van der Waals surface area (Å²) in [6.07, 6.45) is 0. The zero-order chi connectivity index (χ0) is 19.4. The maximum atomic E-state index is 13.0. The standard InChI is InChI=1S/C21H24N2O4/c1-14(24)22-20-13-23(21(25)16-5-4-6-18(11-16)27-3)12-19(20)15-7-9-17(26-2)10-8-15/h4-11,19-20H,12-13H2,1-3H3,(H,22,24). The van der Waals surface area contributed by atoms with E-state index in [-0.39, 0.29) is 23.8 Å². The molecule has 2 unspecified atom stereocenters. The molecule has 1 N–H and O–H groups in total. The number of methoxy groups -OCH3 is 2. The number of carbonyl (C=O) groups is 2. The smallest absolute Gasteiger partial charge is 0.254 e. The highest BCUT2D eigenvalue weighted by Crippen LogP contribution is 2.30. The van der Waals surface area contributed by atoms with Gasteiger partial charge in [-0.15, -0.1) is 0 Å². The maximum Gasteiger partial charge on any atom is 0.254 e. The molecule has 2 atom stereocenters. The van der Waals surface area contributed by atoms with Crippen molar-refractivity contribution in [3.63, 3.8) is 0 Å². The predicted molar refractivity (Wildman–Crippen MR) is 102 cm³/mol. The Morgan fingerprint density at radius 3 is 2.33 bits per heavy atom. The fraction of sp³-hybridized carbons (Fsp3) is 0.333. The molecule has 2 aromatic carbocycles. The minimum absolute atomic E-state index is 0.0226. The Morgan fingerprint density at radius 1 is 1.00 bits per heavy atom. The molecule has 0 saturated carbocycles. The molecule has 0 bridgehead atoms. The van der Waals surface area contributed by atoms with Crippen molar-refractivity contribution in [3.05, 3.63) is 59.7 Å². The number of nitrogens with zero attached hydrogens (tertiary/aromatic N) is 1. The number of likely N-dealkylation sites (tertiary alicyclic amines) is 1. The van der Waals surface area contributed by atoms with E-state index >= 15 is 0 Å². The number of nitrogens with one attached hydrogen (secondary N) is 1. The van der Waals surface area contributed by atoms with E-state index in [1.165, 1.54) is 6.92 Å². The molecule has 142 valence electrons. The molecular formula is C21H24N2O4. The van der Waals surface area contributed by atoms with Crippen LogP contribution in [0.3, 0.4) is 0 Å². The molecule has 0 radical (unpaired) electrons. The Morgan fingerprint density at radius 2 is 1.70 bits per heavy atom. The normalized spacial score (nSPS) is 18.9. The molecule has 6 heteroatoms. The van der Waals surface area contributed by atoms with Gasteiger partial charge < -0.3 is 19.7 Å². The average molecular weight is 368 g/mol. The van der Waals surface area contributed by atoms with Crippen molar-refractivity contribution in [1.29, 1.82) is 0 Å². The summed E-state index contributed by atoms with van der Waals surface area (Å²) >= 11 is 0. The molecule has 27 heavy (non-hydrogen) atoms. The summed E-state index contributed by atoms with van der Waals surface area (Å²) in [5, 5.41) is 2.99. The van der Waals surface area contributed by atoms with Crippen molar-refractivity contribution in [3.8, 4) is 11.5 Å². The van der Waals surface area contributed by atoms with E-state index in [9.17, 15) is 9.59 Å². The molecule has 0 spiro atoms. The van der Waals surface area contributed by atoms with Crippen LogP contribution in [0.2, 0.25) is 0 Å². The minimum Gasteiger partial charge on any atom is -0.497 e. The van der Waals surface area contributed by atoms with E-state index < -0.39 is 0 Å². The fourth-order valence-electron chi connectivity index (χ4n) is 3.50. The van der Waals surface area contributed by atoms with Crippen LogP contribution in [-0.2, 0) is 4.79 Å². The summed E-state index contributed by atoms with van der Waals surface area (Å²) in [7, 11) is 3.20. The first-order valence-corrected chi connectivity index (χ1v) is 8.86. The van der Waals surface area contributed by atoms with E-state index in [1.54, 1.807) is 43.4 Å². The Bertz CT molecular complexity index is 819. The molecule has 6 nitrogen and oxygen atoms in total. The highest BCUT2D eigenvalue weighted by Gasteiger charge is 2.37. The van der Waals surface area contributed by atoms with Crippen LogP contribution in [0.4, 0.5) is 0 Å². The summed E-state index contributed by atoms with van der Waals surface area (Å²) in [5.41, 5.74) is 1.64. The van der Waals surface area contributed by atoms with Gasteiger partial charge in [0.25, 0.3) is 5.91 Å². The van der Waals surface area contributed by atoms with E-state index in [4.69, 9.17) is 9.47 Å². The topological polar surface area (TPSA) is 67.9 Å². The van der Waals surface area contributed by atoms with Crippen LogP contribution in [0.15, 0.2) is 48.5 Å². The first-order chi connectivity index (χ1) is 13.0. The van der Waals surface area contributed by atoms with Crippen LogP contribution in [-0.4, -0.2) is 50.1 Å². The Kier molecular flexibility index (Phi) is 5.64. The van der Waals surface area contributed by atoms with Gasteiger partial charge in [0.2, 0.25) is 5.91 Å². The van der Waals surface area contributed by atoms with Crippen LogP contribution >= 0.6 is 0 Å². The third-order valence-electron chi connectivity index (χ3n) is 4.86. The van der Waals surface area contributed by atoms with Gasteiger partial charge >= 0.3 is 0 Å². The monoisotopic (exact) mass is 368 g/mol. The molecule has 1 fully saturated rings. The highest BCUT2D eigenvalue weighted by molar-refractivity contribution is 5.95. The summed E-state index contributed by atoms with van der Waals surface area (Å²) in [6.45, 7) is 2.50. The van der Waals surface area contributed by atoms with E-state index in [2.05, 4.69) is 5.32 Å². The van der Waals surface area contributed by atoms with Gasteiger partial charge in [0.1, 0.15) is 11.5 Å². The van der Waals surface area contributed by atoms with Crippen LogP contribution in [0, 0.1) is 0 Å². The van der Waals surface area contributed by atoms with Crippen molar-refractivity contribution in [2.24, 2.45) is 0 Å². The van der Waals surface area contributed by atoms with Gasteiger partial charge in [-0.3, -0.25) is 9.59 Å². The number of hydrogen-bond acceptors (Lipinski definition) is 4. The average Bonchev–Trinajstić information content (AvgIpc) is 3.10. The lowest BCUT2D eigenvalue weighted by molar-refractivity contribution is -0.119. The summed E-state index contributed by atoms with van der Waals surface area (Å²) < 4.78 is 10.4. The number of hydrogen-bond donors (Lipinski definition) is 1. The molecule has 1 aliphatic heterocycles. The van der Waals surface area contributed by atoms with E-state index in [0.29, 0.717) is 24.4 Å². The Balaban J connectivity index is 1.83. The first kappa shape index (κ1) is 18.8. The second-order valence-electron chi connectivity index (χ2n) is 6.63. The number of benzene rings is 2. The molecule has 2 aromatic rings. The Labute approximate surface area is 159 Å². The molecule has 3 rings (SSSR count). The highest BCUT2D eigenvalue weighted by atomic mass is 16.5. The molecule has 1 saturated heterocycles. The minimum atomic E-state index is -0.134. The second-order valence-corrected chi connectivity index (χ2v) is 6.63. The van der Waals surface area contributed by atoms with E-state index in [0.717, 1.165) is 11.3 Å². The van der Waals surface area contributed by atoms with Gasteiger partial charge in [-0.25, -0.2) is 0 Å². The summed E-state index contributed by atoms with van der Waals surface area (Å²) in [5.74, 6) is 1.27. The lowest BCUT2D eigenvalue weighted by Crippen LogP contribution is -2.39. The Hall–Kier alpha value is -3.02. The van der Waals surface area contributed by atoms with E-state index in [1.807, 2.05) is 24.3 Å². The van der Waals surface area contributed by atoms with Gasteiger partial charge in [0.05, 0.1) is 20.3 Å². The van der Waals surface area contributed by atoms with Crippen LogP contribution in [0.1, 0.15) is 28.8 Å². The predicted octanol–water partition coefficient (Wildman–Crippen LogP) is 2.45. The molecule has 0 aliphatic carbocycles. The first-order valence-electron chi connectivity index (χ1n) is 8.86. The maximum absolute atomic E-state index is 13.0. The number of ether oxygens (including phenoxy) is 2. The van der Waals surface area contributed by atoms with Crippen molar-refractivity contribution in [2.45, 2.75) is 18.9 Å². The van der Waals surface area contributed by atoms with Gasteiger partial charge in [-0.1, -0.05) is 18.2 Å². The van der Waals surface area contributed by atoms with Crippen LogP contribution < -0.4 is 14.8 Å². The lowest BCUT2D eigenvalue weighted by Gasteiger charge is -2.19. The van der Waals surface area contributed by atoms with Gasteiger partial charge in [-0.05, 0) is 35.9 Å². The third kappa shape index (κ3) is 4.22. The number of amides is 2.